The Morgan fingerprint density at radius 3 is 2.85 bits per heavy atom. The first-order valence-corrected chi connectivity index (χ1v) is 5.06. The number of allylic oxidation sites excluding steroid dienone is 4. The molecule has 1 fully saturated rings. The zero-order chi connectivity index (χ0) is 9.47. The van der Waals surface area contributed by atoms with Gasteiger partial charge in [-0.1, -0.05) is 24.1 Å². The van der Waals surface area contributed by atoms with Crippen LogP contribution in [-0.4, -0.2) is 5.78 Å². The van der Waals surface area contributed by atoms with Gasteiger partial charge in [-0.3, -0.25) is 4.79 Å². The Morgan fingerprint density at radius 2 is 2.15 bits per heavy atom. The summed E-state index contributed by atoms with van der Waals surface area (Å²) in [4.78, 5) is 11.2. The average Bonchev–Trinajstić information content (AvgIpc) is 2.42. The van der Waals surface area contributed by atoms with Crippen LogP contribution >= 0.6 is 0 Å². The summed E-state index contributed by atoms with van der Waals surface area (Å²) in [6.45, 7) is 4.40. The molecule has 70 valence electrons. The lowest BCUT2D eigenvalue weighted by atomic mass is 9.73. The molecule has 1 saturated carbocycles. The third kappa shape index (κ3) is 1.18. The molecule has 0 aromatic heterocycles. The van der Waals surface area contributed by atoms with Gasteiger partial charge in [0.2, 0.25) is 0 Å². The molecule has 2 rings (SSSR count). The zero-order valence-electron chi connectivity index (χ0n) is 8.39. The summed E-state index contributed by atoms with van der Waals surface area (Å²) in [5, 5.41) is 0. The Hall–Kier alpha value is -0.850. The van der Waals surface area contributed by atoms with E-state index in [-0.39, 0.29) is 5.41 Å². The molecule has 1 nitrogen and oxygen atoms in total. The van der Waals surface area contributed by atoms with Crippen molar-refractivity contribution in [3.63, 3.8) is 0 Å². The molecule has 0 heterocycles. The van der Waals surface area contributed by atoms with Gasteiger partial charge in [0, 0.05) is 11.8 Å². The second-order valence-electron chi connectivity index (χ2n) is 4.28. The van der Waals surface area contributed by atoms with Crippen molar-refractivity contribution in [3.8, 4) is 0 Å². The van der Waals surface area contributed by atoms with E-state index in [0.717, 1.165) is 25.7 Å². The molecule has 1 unspecified atom stereocenters. The molecule has 0 spiro atoms. The van der Waals surface area contributed by atoms with Gasteiger partial charge in [0.25, 0.3) is 0 Å². The second-order valence-corrected chi connectivity index (χ2v) is 4.28. The molecule has 0 N–H and O–H groups in total. The molecule has 0 radical (unpaired) electrons. The summed E-state index contributed by atoms with van der Waals surface area (Å²) >= 11 is 0. The van der Waals surface area contributed by atoms with E-state index in [9.17, 15) is 4.79 Å². The quantitative estimate of drug-likeness (QED) is 0.518. The maximum Gasteiger partial charge on any atom is 0.155 e. The van der Waals surface area contributed by atoms with Crippen LogP contribution in [0.15, 0.2) is 23.3 Å². The molecular weight excluding hydrogens is 160 g/mol. The fraction of sp³-hybridized carbons (Fsp3) is 0.583. The summed E-state index contributed by atoms with van der Waals surface area (Å²) in [5.74, 6) is 0.324. The highest BCUT2D eigenvalue weighted by Crippen LogP contribution is 2.51. The molecule has 13 heavy (non-hydrogen) atoms. The van der Waals surface area contributed by atoms with E-state index in [2.05, 4.69) is 19.9 Å². The van der Waals surface area contributed by atoms with Gasteiger partial charge in [-0.05, 0) is 32.3 Å². The number of carbonyl (C=O) groups is 1. The van der Waals surface area contributed by atoms with Crippen molar-refractivity contribution in [2.45, 2.75) is 39.5 Å². The van der Waals surface area contributed by atoms with Crippen LogP contribution < -0.4 is 0 Å². The lowest BCUT2D eigenvalue weighted by Gasteiger charge is -2.30. The minimum absolute atomic E-state index is 0.239. The van der Waals surface area contributed by atoms with Crippen LogP contribution in [0, 0.1) is 5.41 Å². The first-order valence-electron chi connectivity index (χ1n) is 5.06. The third-order valence-corrected chi connectivity index (χ3v) is 3.64. The maximum atomic E-state index is 11.2. The van der Waals surface area contributed by atoms with Crippen LogP contribution in [0.3, 0.4) is 0 Å². The topological polar surface area (TPSA) is 17.1 Å². The van der Waals surface area contributed by atoms with Crippen LogP contribution in [0.1, 0.15) is 39.5 Å². The Morgan fingerprint density at radius 1 is 1.38 bits per heavy atom. The first kappa shape index (κ1) is 8.74. The monoisotopic (exact) mass is 176 g/mol. The van der Waals surface area contributed by atoms with Crippen molar-refractivity contribution < 1.29 is 4.79 Å². The molecule has 0 aromatic rings. The van der Waals surface area contributed by atoms with E-state index in [0.29, 0.717) is 5.78 Å². The second kappa shape index (κ2) is 2.83. The molecule has 0 bridgehead atoms. The van der Waals surface area contributed by atoms with Gasteiger partial charge in [-0.15, -0.1) is 0 Å². The van der Waals surface area contributed by atoms with Gasteiger partial charge < -0.3 is 0 Å². The lowest BCUT2D eigenvalue weighted by molar-refractivity contribution is -0.115. The zero-order valence-corrected chi connectivity index (χ0v) is 8.39. The van der Waals surface area contributed by atoms with Crippen molar-refractivity contribution in [2.24, 2.45) is 5.41 Å². The first-order chi connectivity index (χ1) is 6.16. The van der Waals surface area contributed by atoms with Crippen LogP contribution in [0.5, 0.6) is 0 Å². The van der Waals surface area contributed by atoms with Gasteiger partial charge in [0.1, 0.15) is 0 Å². The van der Waals surface area contributed by atoms with E-state index in [1.54, 1.807) is 0 Å². The molecule has 0 aliphatic heterocycles. The highest BCUT2D eigenvalue weighted by Gasteiger charge is 2.40. The minimum atomic E-state index is 0.239. The summed E-state index contributed by atoms with van der Waals surface area (Å²) in [7, 11) is 0. The van der Waals surface area contributed by atoms with E-state index >= 15 is 0 Å². The molecule has 0 aromatic carbocycles. The van der Waals surface area contributed by atoms with Gasteiger partial charge >= 0.3 is 0 Å². The Kier molecular flexibility index (Phi) is 1.90. The van der Waals surface area contributed by atoms with Crippen molar-refractivity contribution in [1.82, 2.24) is 0 Å². The fourth-order valence-electron chi connectivity index (χ4n) is 2.68. The fourth-order valence-corrected chi connectivity index (χ4v) is 2.68. The smallest absolute Gasteiger partial charge is 0.155 e. The van der Waals surface area contributed by atoms with Gasteiger partial charge in [0.05, 0.1) is 0 Å². The van der Waals surface area contributed by atoms with Gasteiger partial charge in [-0.25, -0.2) is 0 Å². The lowest BCUT2D eigenvalue weighted by Crippen LogP contribution is -2.22. The number of hydrogen-bond acceptors (Lipinski definition) is 1. The summed E-state index contributed by atoms with van der Waals surface area (Å²) in [5.41, 5.74) is 3.14. The number of carbonyl (C=O) groups excluding carboxylic acids is 1. The van der Waals surface area contributed by atoms with Gasteiger partial charge in [-0.2, -0.15) is 0 Å². The van der Waals surface area contributed by atoms with Crippen LogP contribution in [0.2, 0.25) is 0 Å². The molecule has 1 heteroatoms. The Labute approximate surface area is 79.5 Å². The SMILES string of the molecule is C/C=C1/CCC2=CC(=O)CCC21C. The number of fused-ring (bicyclic) bond motifs is 1. The third-order valence-electron chi connectivity index (χ3n) is 3.64. The summed E-state index contributed by atoms with van der Waals surface area (Å²) in [6.07, 6.45) is 8.14. The maximum absolute atomic E-state index is 11.2. The van der Waals surface area contributed by atoms with E-state index in [1.165, 1.54) is 11.1 Å². The van der Waals surface area contributed by atoms with Crippen molar-refractivity contribution in [2.75, 3.05) is 0 Å². The van der Waals surface area contributed by atoms with Gasteiger partial charge in [0.15, 0.2) is 5.78 Å². The predicted molar refractivity (Wildman–Crippen MR) is 53.4 cm³/mol. The molecule has 1 atom stereocenters. The van der Waals surface area contributed by atoms with E-state index in [4.69, 9.17) is 0 Å². The number of hydrogen-bond donors (Lipinski definition) is 0. The van der Waals surface area contributed by atoms with Crippen molar-refractivity contribution >= 4 is 5.78 Å². The summed E-state index contributed by atoms with van der Waals surface area (Å²) < 4.78 is 0. The minimum Gasteiger partial charge on any atom is -0.295 e. The predicted octanol–water partition coefficient (Wildman–Crippen LogP) is 3.02. The summed E-state index contributed by atoms with van der Waals surface area (Å²) in [6, 6.07) is 0. The molecule has 0 saturated heterocycles. The van der Waals surface area contributed by atoms with E-state index in [1.807, 2.05) is 6.08 Å². The van der Waals surface area contributed by atoms with Crippen molar-refractivity contribution in [1.29, 1.82) is 0 Å². The largest absolute Gasteiger partial charge is 0.295 e. The standard InChI is InChI=1S/C12H16O/c1-3-9-4-5-10-8-11(13)6-7-12(9,10)2/h3,8H,4-7H2,1-2H3/b9-3-. The normalized spacial score (nSPS) is 36.3. The number of rotatable bonds is 0. The Balaban J connectivity index is 2.43. The van der Waals surface area contributed by atoms with Crippen LogP contribution in [-0.2, 0) is 4.79 Å². The van der Waals surface area contributed by atoms with Crippen LogP contribution in [0.4, 0.5) is 0 Å². The molecular formula is C12H16O. The molecule has 2 aliphatic rings. The Bertz CT molecular complexity index is 309. The molecule has 0 amide bonds. The molecule has 2 aliphatic carbocycles. The van der Waals surface area contributed by atoms with E-state index < -0.39 is 0 Å². The van der Waals surface area contributed by atoms with Crippen molar-refractivity contribution in [3.05, 3.63) is 23.3 Å². The highest BCUT2D eigenvalue weighted by atomic mass is 16.1. The highest BCUT2D eigenvalue weighted by molar-refractivity contribution is 5.92. The number of ketones is 1. The van der Waals surface area contributed by atoms with Crippen LogP contribution in [0.25, 0.3) is 0 Å². The average molecular weight is 176 g/mol.